The molecule has 0 bridgehead atoms. The van der Waals surface area contributed by atoms with E-state index in [2.05, 4.69) is 33.8 Å². The van der Waals surface area contributed by atoms with Crippen LogP contribution in [-0.4, -0.2) is 19.5 Å². The van der Waals surface area contributed by atoms with Crippen LogP contribution in [-0.2, 0) is 4.79 Å². The molecule has 0 aliphatic carbocycles. The Morgan fingerprint density at radius 3 is 2.20 bits per heavy atom. The smallest absolute Gasteiger partial charge is 0.227 e. The predicted molar refractivity (Wildman–Crippen MR) is 85.9 cm³/mol. The van der Waals surface area contributed by atoms with Crippen molar-refractivity contribution in [2.75, 3.05) is 18.5 Å². The van der Waals surface area contributed by atoms with Crippen molar-refractivity contribution in [3.63, 3.8) is 0 Å². The molecule has 1 atom stereocenters. The molecule has 0 saturated heterocycles. The predicted octanol–water partition coefficient (Wildman–Crippen LogP) is 3.28. The molecule has 0 heterocycles. The molecular formula is C17H28N2O. The van der Waals surface area contributed by atoms with E-state index in [1.165, 1.54) is 11.1 Å². The lowest BCUT2D eigenvalue weighted by atomic mass is 9.93. The number of rotatable bonds is 6. The molecule has 0 radical (unpaired) electrons. The number of benzene rings is 1. The third-order valence-electron chi connectivity index (χ3n) is 3.57. The summed E-state index contributed by atoms with van der Waals surface area (Å²) in [5.74, 6) is 0.991. The fourth-order valence-corrected chi connectivity index (χ4v) is 2.60. The minimum atomic E-state index is 0.145. The Kier molecular flexibility index (Phi) is 6.21. The first-order chi connectivity index (χ1) is 9.33. The first-order valence-corrected chi connectivity index (χ1v) is 7.38. The second-order valence-electron chi connectivity index (χ2n) is 6.23. The maximum Gasteiger partial charge on any atom is 0.227 e. The van der Waals surface area contributed by atoms with Crippen molar-refractivity contribution in [3.8, 4) is 0 Å². The highest BCUT2D eigenvalue weighted by molar-refractivity contribution is 5.93. The average Bonchev–Trinajstić information content (AvgIpc) is 2.35. The van der Waals surface area contributed by atoms with Crippen molar-refractivity contribution in [3.05, 3.63) is 29.3 Å². The van der Waals surface area contributed by atoms with Gasteiger partial charge in [0.1, 0.15) is 0 Å². The molecular weight excluding hydrogens is 248 g/mol. The molecule has 3 nitrogen and oxygen atoms in total. The number of aryl methyl sites for hydroxylation is 2. The topological polar surface area (TPSA) is 46.3 Å². The van der Waals surface area contributed by atoms with Crippen molar-refractivity contribution >= 4 is 11.6 Å². The van der Waals surface area contributed by atoms with Crippen LogP contribution in [0.2, 0.25) is 0 Å². The minimum Gasteiger partial charge on any atom is -0.330 e. The lowest BCUT2D eigenvalue weighted by Crippen LogP contribution is -2.30. The van der Waals surface area contributed by atoms with Crippen LogP contribution in [0.1, 0.15) is 37.8 Å². The van der Waals surface area contributed by atoms with Crippen LogP contribution >= 0.6 is 0 Å². The number of hydrogen-bond acceptors (Lipinski definition) is 2. The molecule has 1 aromatic rings. The summed E-state index contributed by atoms with van der Waals surface area (Å²) in [7, 11) is 1.85. The molecule has 0 aliphatic heterocycles. The molecule has 0 saturated carbocycles. The van der Waals surface area contributed by atoms with Crippen LogP contribution in [0.3, 0.4) is 0 Å². The number of hydrogen-bond donors (Lipinski definition) is 1. The van der Waals surface area contributed by atoms with E-state index in [-0.39, 0.29) is 11.8 Å². The molecule has 0 spiro atoms. The van der Waals surface area contributed by atoms with Crippen LogP contribution in [0.4, 0.5) is 5.69 Å². The summed E-state index contributed by atoms with van der Waals surface area (Å²) in [4.78, 5) is 14.1. The van der Waals surface area contributed by atoms with Crippen LogP contribution in [0.25, 0.3) is 0 Å². The van der Waals surface area contributed by atoms with E-state index < -0.39 is 0 Å². The van der Waals surface area contributed by atoms with Gasteiger partial charge >= 0.3 is 0 Å². The summed E-state index contributed by atoms with van der Waals surface area (Å²) < 4.78 is 0. The van der Waals surface area contributed by atoms with Crippen molar-refractivity contribution in [2.45, 2.75) is 40.5 Å². The fraction of sp³-hybridized carbons (Fsp3) is 0.588. The van der Waals surface area contributed by atoms with Gasteiger partial charge in [0.05, 0.1) is 0 Å². The maximum atomic E-state index is 12.4. The van der Waals surface area contributed by atoms with Gasteiger partial charge in [-0.15, -0.1) is 0 Å². The highest BCUT2D eigenvalue weighted by atomic mass is 16.2. The van der Waals surface area contributed by atoms with E-state index >= 15 is 0 Å². The van der Waals surface area contributed by atoms with Gasteiger partial charge in [-0.05, 0) is 61.9 Å². The average molecular weight is 276 g/mol. The number of anilines is 1. The molecule has 0 unspecified atom stereocenters. The van der Waals surface area contributed by atoms with Crippen LogP contribution in [0.15, 0.2) is 18.2 Å². The Labute approximate surface area is 123 Å². The van der Waals surface area contributed by atoms with Gasteiger partial charge in [0.25, 0.3) is 0 Å². The zero-order chi connectivity index (χ0) is 15.3. The summed E-state index contributed by atoms with van der Waals surface area (Å²) in [5, 5.41) is 0. The van der Waals surface area contributed by atoms with Gasteiger partial charge in [-0.1, -0.05) is 19.9 Å². The molecule has 20 heavy (non-hydrogen) atoms. The second kappa shape index (κ2) is 7.44. The largest absolute Gasteiger partial charge is 0.330 e. The Morgan fingerprint density at radius 2 is 1.75 bits per heavy atom. The maximum absolute atomic E-state index is 12.4. The Hall–Kier alpha value is -1.35. The summed E-state index contributed by atoms with van der Waals surface area (Å²) in [5.41, 5.74) is 9.11. The summed E-state index contributed by atoms with van der Waals surface area (Å²) in [6.45, 7) is 9.01. The van der Waals surface area contributed by atoms with E-state index in [4.69, 9.17) is 5.73 Å². The molecule has 3 heteroatoms. The van der Waals surface area contributed by atoms with Crippen molar-refractivity contribution in [1.82, 2.24) is 0 Å². The molecule has 0 aromatic heterocycles. The normalized spacial score (nSPS) is 12.6. The standard InChI is InChI=1S/C17H28N2O/c1-12(2)6-15(11-18)10-17(20)19(5)16-8-13(3)7-14(4)9-16/h7-9,12,15H,6,10-11,18H2,1-5H3/t15-/m0/s1. The number of nitrogens with two attached hydrogens (primary N) is 1. The zero-order valence-corrected chi connectivity index (χ0v) is 13.4. The number of nitrogens with zero attached hydrogens (tertiary/aromatic N) is 1. The third-order valence-corrected chi connectivity index (χ3v) is 3.57. The number of carbonyl (C=O) groups excluding carboxylic acids is 1. The van der Waals surface area contributed by atoms with Crippen LogP contribution in [0.5, 0.6) is 0 Å². The zero-order valence-electron chi connectivity index (χ0n) is 13.4. The van der Waals surface area contributed by atoms with Crippen LogP contribution in [0, 0.1) is 25.7 Å². The summed E-state index contributed by atoms with van der Waals surface area (Å²) in [6, 6.07) is 6.21. The van der Waals surface area contributed by atoms with Gasteiger partial charge in [-0.25, -0.2) is 0 Å². The van der Waals surface area contributed by atoms with Crippen LogP contribution < -0.4 is 10.6 Å². The van der Waals surface area contributed by atoms with Crippen molar-refractivity contribution in [2.24, 2.45) is 17.6 Å². The molecule has 1 rings (SSSR count). The van der Waals surface area contributed by atoms with Gasteiger partial charge in [-0.3, -0.25) is 4.79 Å². The van der Waals surface area contributed by atoms with Crippen molar-refractivity contribution < 1.29 is 4.79 Å². The van der Waals surface area contributed by atoms with Gasteiger partial charge in [-0.2, -0.15) is 0 Å². The lowest BCUT2D eigenvalue weighted by molar-refractivity contribution is -0.119. The number of carbonyl (C=O) groups is 1. The van der Waals surface area contributed by atoms with Gasteiger partial charge in [0.2, 0.25) is 5.91 Å². The molecule has 1 amide bonds. The fourth-order valence-electron chi connectivity index (χ4n) is 2.60. The monoisotopic (exact) mass is 276 g/mol. The highest BCUT2D eigenvalue weighted by Gasteiger charge is 2.18. The molecule has 1 aromatic carbocycles. The molecule has 112 valence electrons. The van der Waals surface area contributed by atoms with E-state index in [1.54, 1.807) is 4.90 Å². The van der Waals surface area contributed by atoms with E-state index in [0.717, 1.165) is 12.1 Å². The third kappa shape index (κ3) is 4.97. The Balaban J connectivity index is 2.75. The van der Waals surface area contributed by atoms with Gasteiger partial charge in [0.15, 0.2) is 0 Å². The second-order valence-corrected chi connectivity index (χ2v) is 6.23. The molecule has 2 N–H and O–H groups in total. The first-order valence-electron chi connectivity index (χ1n) is 7.38. The summed E-state index contributed by atoms with van der Waals surface area (Å²) in [6.07, 6.45) is 1.53. The van der Waals surface area contributed by atoms with E-state index in [0.29, 0.717) is 18.9 Å². The van der Waals surface area contributed by atoms with Crippen molar-refractivity contribution in [1.29, 1.82) is 0 Å². The van der Waals surface area contributed by atoms with E-state index in [1.807, 2.05) is 19.2 Å². The molecule has 0 fully saturated rings. The summed E-state index contributed by atoms with van der Waals surface area (Å²) >= 11 is 0. The minimum absolute atomic E-state index is 0.145. The highest BCUT2D eigenvalue weighted by Crippen LogP contribution is 2.21. The Bertz CT molecular complexity index is 434. The molecule has 0 aliphatic rings. The van der Waals surface area contributed by atoms with Gasteiger partial charge in [0, 0.05) is 19.2 Å². The Morgan fingerprint density at radius 1 is 1.20 bits per heavy atom. The number of amides is 1. The van der Waals surface area contributed by atoms with E-state index in [9.17, 15) is 4.79 Å². The first kappa shape index (κ1) is 16.7. The quantitative estimate of drug-likeness (QED) is 0.866. The van der Waals surface area contributed by atoms with Gasteiger partial charge < -0.3 is 10.6 Å². The SMILES string of the molecule is Cc1cc(C)cc(N(C)C(=O)C[C@@H](CN)CC(C)C)c1. The lowest BCUT2D eigenvalue weighted by Gasteiger charge is -2.22.